The predicted octanol–water partition coefficient (Wildman–Crippen LogP) is 6.90. The minimum atomic E-state index is -3.30. The second-order valence-electron chi connectivity index (χ2n) is 20.8. The van der Waals surface area contributed by atoms with Gasteiger partial charge >= 0.3 is 0 Å². The minimum Gasteiger partial charge on any atom is -0.417 e. The smallest absolute Gasteiger partial charge is 0.298 e. The number of halogens is 2. The zero-order valence-corrected chi connectivity index (χ0v) is 46.5. The molecule has 2 aliphatic rings. The Balaban J connectivity index is 0.000000261. The summed E-state index contributed by atoms with van der Waals surface area (Å²) in [6.07, 6.45) is 10.8. The van der Waals surface area contributed by atoms with Crippen LogP contribution in [0, 0.1) is 11.6 Å². The third-order valence-electron chi connectivity index (χ3n) is 13.5. The topological polar surface area (TPSA) is 169 Å². The molecule has 16 nitrogen and oxygen atoms in total. The first-order valence-corrected chi connectivity index (χ1v) is 33.0. The van der Waals surface area contributed by atoms with Crippen LogP contribution >= 0.6 is 0 Å². The number of hydrogen-bond acceptors (Lipinski definition) is 12. The van der Waals surface area contributed by atoms with Gasteiger partial charge < -0.3 is 18.7 Å². The molecule has 0 atom stereocenters. The Labute approximate surface area is 415 Å². The van der Waals surface area contributed by atoms with Crippen LogP contribution in [-0.2, 0) is 35.3 Å². The van der Waals surface area contributed by atoms with Crippen LogP contribution in [0.25, 0.3) is 17.5 Å². The van der Waals surface area contributed by atoms with Crippen molar-refractivity contribution in [2.75, 3.05) is 87.9 Å². The lowest BCUT2D eigenvalue weighted by Crippen LogP contribution is -2.50. The lowest BCUT2D eigenvalue weighted by molar-refractivity contribution is 0.282. The number of sulfonamides is 2. The number of benzene rings is 2. The largest absolute Gasteiger partial charge is 0.417 e. The summed E-state index contributed by atoms with van der Waals surface area (Å²) in [6, 6.07) is 11.4. The van der Waals surface area contributed by atoms with Crippen molar-refractivity contribution in [3.05, 3.63) is 111 Å². The SMILES string of the molecule is CC(C)(C)[Si](C)(C)OC/C=C/c1cn(-c2ccc(F)cc2)c(=O)c(N2CCN(S(C)(=O)=O)CC2)n1.CC(C)(C)[Si](C)(C)OCCCc1cn(-c2ccc(F)cc2)c(=O)c(N2CCN(S(C)(=O)=O)CC2)n1. The number of aryl methyl sites for hydroxylation is 1. The molecule has 70 heavy (non-hydrogen) atoms. The van der Waals surface area contributed by atoms with Gasteiger partial charge in [-0.15, -0.1) is 0 Å². The van der Waals surface area contributed by atoms with Crippen LogP contribution in [0.1, 0.15) is 59.4 Å². The molecule has 0 bridgehead atoms. The van der Waals surface area contributed by atoms with E-state index in [-0.39, 0.29) is 51.7 Å². The first-order valence-electron chi connectivity index (χ1n) is 23.5. The molecule has 386 valence electrons. The van der Waals surface area contributed by atoms with Gasteiger partial charge in [0.15, 0.2) is 28.3 Å². The lowest BCUT2D eigenvalue weighted by atomic mass is 10.2. The molecule has 0 unspecified atom stereocenters. The molecule has 0 saturated carbocycles. The lowest BCUT2D eigenvalue weighted by Gasteiger charge is -2.36. The molecular formula is C48H72F2N8O8S2Si2. The van der Waals surface area contributed by atoms with E-state index in [1.54, 1.807) is 29.4 Å². The van der Waals surface area contributed by atoms with E-state index in [4.69, 9.17) is 8.85 Å². The number of hydrogen-bond donors (Lipinski definition) is 0. The summed E-state index contributed by atoms with van der Waals surface area (Å²) in [7, 11) is -10.3. The van der Waals surface area contributed by atoms with Crippen LogP contribution in [0.2, 0.25) is 36.3 Å². The zero-order chi connectivity index (χ0) is 52.0. The molecular weight excluding hydrogens is 975 g/mol. The predicted molar refractivity (Wildman–Crippen MR) is 280 cm³/mol. The second-order valence-corrected chi connectivity index (χ2v) is 34.4. The highest BCUT2D eigenvalue weighted by molar-refractivity contribution is 7.88. The van der Waals surface area contributed by atoms with Crippen LogP contribution in [0.15, 0.2) is 76.6 Å². The molecule has 22 heteroatoms. The standard InChI is InChI=1S/C24H37FN4O4SSi.C24H35FN4O4SSi/c2*1-24(2,3)35(5,6)33-17-7-8-20-18-29(21-11-9-19(25)10-12-21)23(30)22(26-20)27-13-15-28(16-14-27)34(4,31)32/h9-12,18H,7-8,13-17H2,1-6H3;7-12,18H,13-17H2,1-6H3/b;8-7+. The Morgan fingerprint density at radius 3 is 1.43 bits per heavy atom. The Kier molecular flexibility index (Phi) is 18.2. The zero-order valence-electron chi connectivity index (χ0n) is 42.8. The summed E-state index contributed by atoms with van der Waals surface area (Å²) < 4.78 is 92.7. The van der Waals surface area contributed by atoms with Crippen molar-refractivity contribution >= 4 is 54.4 Å². The maximum Gasteiger partial charge on any atom is 0.298 e. The van der Waals surface area contributed by atoms with E-state index in [0.29, 0.717) is 76.0 Å². The maximum absolute atomic E-state index is 13.5. The Morgan fingerprint density at radius 1 is 0.614 bits per heavy atom. The number of rotatable bonds is 15. The quantitative estimate of drug-likeness (QED) is 0.0894. The summed E-state index contributed by atoms with van der Waals surface area (Å²) in [4.78, 5) is 39.6. The molecule has 2 aromatic heterocycles. The monoisotopic (exact) mass is 1050 g/mol. The van der Waals surface area contributed by atoms with Crippen molar-refractivity contribution in [3.63, 3.8) is 0 Å². The average molecular weight is 1050 g/mol. The summed E-state index contributed by atoms with van der Waals surface area (Å²) in [6.45, 7) is 25.6. The fourth-order valence-corrected chi connectivity index (χ4v) is 10.8. The van der Waals surface area contributed by atoms with E-state index in [2.05, 4.69) is 77.7 Å². The van der Waals surface area contributed by atoms with Crippen LogP contribution in [0.4, 0.5) is 20.4 Å². The van der Waals surface area contributed by atoms with Crippen LogP contribution in [0.3, 0.4) is 0 Å². The molecule has 2 aliphatic heterocycles. The van der Waals surface area contributed by atoms with Crippen LogP contribution in [0.5, 0.6) is 0 Å². The minimum absolute atomic E-state index is 0.0934. The first kappa shape index (κ1) is 56.5. The summed E-state index contributed by atoms with van der Waals surface area (Å²) in [5.74, 6) is -0.257. The molecule has 0 aliphatic carbocycles. The van der Waals surface area contributed by atoms with Crippen LogP contribution < -0.4 is 20.9 Å². The summed E-state index contributed by atoms with van der Waals surface area (Å²) in [5, 5.41) is 0.221. The van der Waals surface area contributed by atoms with Gasteiger partial charge in [-0.25, -0.2) is 35.6 Å². The van der Waals surface area contributed by atoms with Crippen LogP contribution in [-0.4, -0.2) is 139 Å². The van der Waals surface area contributed by atoms with Gasteiger partial charge in [0, 0.05) is 82.7 Å². The van der Waals surface area contributed by atoms with Crippen molar-refractivity contribution in [2.24, 2.45) is 0 Å². The third-order valence-corrected chi connectivity index (χ3v) is 25.2. The van der Waals surface area contributed by atoms with Crippen molar-refractivity contribution in [3.8, 4) is 11.4 Å². The van der Waals surface area contributed by atoms with Gasteiger partial charge in [-0.05, 0) is 104 Å². The molecule has 0 radical (unpaired) electrons. The van der Waals surface area contributed by atoms with Gasteiger partial charge in [0.1, 0.15) is 11.6 Å². The third kappa shape index (κ3) is 14.8. The molecule has 2 fully saturated rings. The molecule has 4 aromatic rings. The molecule has 4 heterocycles. The Bertz CT molecular complexity index is 2800. The van der Waals surface area contributed by atoms with E-state index in [0.717, 1.165) is 12.1 Å². The first-order chi connectivity index (χ1) is 32.4. The number of nitrogens with zero attached hydrogens (tertiary/aromatic N) is 8. The Hall–Kier alpha value is -4.43. The highest BCUT2D eigenvalue weighted by atomic mass is 32.2. The van der Waals surface area contributed by atoms with Crippen molar-refractivity contribution in [1.29, 1.82) is 0 Å². The van der Waals surface area contributed by atoms with Gasteiger partial charge in [0.25, 0.3) is 11.1 Å². The molecule has 0 amide bonds. The highest BCUT2D eigenvalue weighted by Crippen LogP contribution is 2.37. The second kappa shape index (κ2) is 22.6. The van der Waals surface area contributed by atoms with E-state index >= 15 is 0 Å². The summed E-state index contributed by atoms with van der Waals surface area (Å²) >= 11 is 0. The number of piperazine rings is 2. The molecule has 6 rings (SSSR count). The van der Waals surface area contributed by atoms with E-state index in [1.807, 2.05) is 17.1 Å². The normalized spacial score (nSPS) is 16.1. The van der Waals surface area contributed by atoms with Gasteiger partial charge in [-0.1, -0.05) is 47.6 Å². The van der Waals surface area contributed by atoms with Gasteiger partial charge in [-0.3, -0.25) is 18.7 Å². The van der Waals surface area contributed by atoms with Gasteiger partial charge in [0.2, 0.25) is 20.0 Å². The Morgan fingerprint density at radius 2 is 1.01 bits per heavy atom. The fraction of sp³-hybridized carbons (Fsp3) is 0.542. The van der Waals surface area contributed by atoms with E-state index in [1.165, 1.54) is 66.7 Å². The van der Waals surface area contributed by atoms with E-state index < -0.39 is 42.5 Å². The molecule has 2 aromatic carbocycles. The molecule has 0 spiro atoms. The van der Waals surface area contributed by atoms with E-state index in [9.17, 15) is 35.2 Å². The number of aromatic nitrogens is 4. The average Bonchev–Trinajstić information content (AvgIpc) is 3.27. The molecule has 2 saturated heterocycles. The van der Waals surface area contributed by atoms with Gasteiger partial charge in [-0.2, -0.15) is 8.61 Å². The molecule has 0 N–H and O–H groups in total. The fourth-order valence-electron chi connectivity index (χ4n) is 7.13. The number of anilines is 2. The summed E-state index contributed by atoms with van der Waals surface area (Å²) in [5.41, 5.74) is 1.68. The van der Waals surface area contributed by atoms with Gasteiger partial charge in [0.05, 0.1) is 30.5 Å². The van der Waals surface area contributed by atoms with Crippen molar-refractivity contribution < 1.29 is 34.5 Å². The maximum atomic E-state index is 13.5. The highest BCUT2D eigenvalue weighted by Gasteiger charge is 2.38. The van der Waals surface area contributed by atoms with Crippen molar-refractivity contribution in [2.45, 2.75) is 90.6 Å². The van der Waals surface area contributed by atoms with Crippen molar-refractivity contribution in [1.82, 2.24) is 27.7 Å².